The number of nitrogens with two attached hydrogens (primary N) is 1. The summed E-state index contributed by atoms with van der Waals surface area (Å²) in [6.07, 6.45) is 0.654. The van der Waals surface area contributed by atoms with Gasteiger partial charge >= 0.3 is 6.18 Å². The molecule has 0 amide bonds. The zero-order valence-electron chi connectivity index (χ0n) is 11.3. The average Bonchev–Trinajstić information content (AvgIpc) is 2.47. The van der Waals surface area contributed by atoms with E-state index in [9.17, 15) is 13.2 Å². The molecule has 1 aliphatic rings. The highest BCUT2D eigenvalue weighted by molar-refractivity contribution is 8.00. The van der Waals surface area contributed by atoms with E-state index >= 15 is 0 Å². The first-order valence-electron chi connectivity index (χ1n) is 6.44. The Balaban J connectivity index is 2.11. The average molecular weight is 305 g/mol. The maximum atomic E-state index is 12.7. The molecule has 0 bridgehead atoms. The number of thioether (sulfide) groups is 1. The molecule has 20 heavy (non-hydrogen) atoms. The lowest BCUT2D eigenvalue weighted by atomic mass is 9.95. The quantitative estimate of drug-likeness (QED) is 0.932. The summed E-state index contributed by atoms with van der Waals surface area (Å²) in [6.45, 7) is 1.97. The normalized spacial score (nSPS) is 19.1. The van der Waals surface area contributed by atoms with Crippen molar-refractivity contribution in [1.29, 1.82) is 0 Å². The second kappa shape index (κ2) is 5.81. The Morgan fingerprint density at radius 1 is 1.40 bits per heavy atom. The molecule has 0 unspecified atom stereocenters. The molecular formula is C13H18F3N3S. The summed E-state index contributed by atoms with van der Waals surface area (Å²) in [7, 11) is 0. The van der Waals surface area contributed by atoms with Crippen LogP contribution in [0, 0.1) is 0 Å². The van der Waals surface area contributed by atoms with Gasteiger partial charge in [0.25, 0.3) is 0 Å². The molecule has 0 spiro atoms. The Kier molecular flexibility index (Phi) is 4.49. The highest BCUT2D eigenvalue weighted by Gasteiger charge is 2.34. The zero-order chi connectivity index (χ0) is 14.8. The Morgan fingerprint density at radius 2 is 2.05 bits per heavy atom. The summed E-state index contributed by atoms with van der Waals surface area (Å²) in [5.74, 6) is 0.395. The number of hydrogen-bond donors (Lipinski definition) is 1. The molecule has 7 heteroatoms. The molecular weight excluding hydrogens is 287 g/mol. The van der Waals surface area contributed by atoms with Gasteiger partial charge in [0, 0.05) is 30.6 Å². The van der Waals surface area contributed by atoms with Gasteiger partial charge in [-0.25, -0.2) is 4.98 Å². The van der Waals surface area contributed by atoms with E-state index in [1.54, 1.807) is 11.8 Å². The minimum atomic E-state index is -4.33. The molecule has 2 heterocycles. The molecule has 1 aliphatic heterocycles. The van der Waals surface area contributed by atoms with Crippen LogP contribution in [0.4, 0.5) is 19.0 Å². The maximum absolute atomic E-state index is 12.7. The number of anilines is 1. The van der Waals surface area contributed by atoms with Gasteiger partial charge in [-0.2, -0.15) is 24.9 Å². The van der Waals surface area contributed by atoms with Crippen LogP contribution in [0.2, 0.25) is 0 Å². The number of hydrogen-bond acceptors (Lipinski definition) is 4. The molecule has 0 saturated carbocycles. The zero-order valence-corrected chi connectivity index (χ0v) is 12.1. The van der Waals surface area contributed by atoms with Crippen LogP contribution in [0.15, 0.2) is 18.3 Å². The molecule has 1 fully saturated rings. The standard InChI is InChI=1S/C13H18F3N3S/c1-20-12(9-17)3-6-19(7-4-12)11-8-10(2-5-18-11)13(14,15)16/h2,5,8H,3-4,6-7,9,17H2,1H3. The van der Waals surface area contributed by atoms with Gasteiger partial charge in [-0.15, -0.1) is 0 Å². The van der Waals surface area contributed by atoms with Crippen molar-refractivity contribution in [2.45, 2.75) is 23.8 Å². The van der Waals surface area contributed by atoms with Gasteiger partial charge in [0.2, 0.25) is 0 Å². The van der Waals surface area contributed by atoms with Crippen LogP contribution in [-0.4, -0.2) is 35.6 Å². The van der Waals surface area contributed by atoms with E-state index in [4.69, 9.17) is 5.73 Å². The predicted octanol–water partition coefficient (Wildman–Crippen LogP) is 2.76. The fourth-order valence-corrected chi connectivity index (χ4v) is 3.16. The predicted molar refractivity (Wildman–Crippen MR) is 76.0 cm³/mol. The second-order valence-electron chi connectivity index (χ2n) is 4.98. The van der Waals surface area contributed by atoms with Crippen LogP contribution in [0.1, 0.15) is 18.4 Å². The highest BCUT2D eigenvalue weighted by Crippen LogP contribution is 2.36. The van der Waals surface area contributed by atoms with Crippen LogP contribution in [0.5, 0.6) is 0 Å². The molecule has 3 nitrogen and oxygen atoms in total. The SMILES string of the molecule is CSC1(CN)CCN(c2cc(C(F)(F)F)ccn2)CC1. The van der Waals surface area contributed by atoms with E-state index < -0.39 is 11.7 Å². The minimum absolute atomic E-state index is 0.0537. The lowest BCUT2D eigenvalue weighted by Crippen LogP contribution is -2.46. The lowest BCUT2D eigenvalue weighted by Gasteiger charge is -2.40. The Hall–Kier alpha value is -0.950. The van der Waals surface area contributed by atoms with E-state index in [1.807, 2.05) is 11.2 Å². The lowest BCUT2D eigenvalue weighted by molar-refractivity contribution is -0.137. The van der Waals surface area contributed by atoms with E-state index in [0.717, 1.165) is 25.0 Å². The van der Waals surface area contributed by atoms with Crippen LogP contribution in [0.25, 0.3) is 0 Å². The smallest absolute Gasteiger partial charge is 0.357 e. The number of rotatable bonds is 3. The summed E-state index contributed by atoms with van der Waals surface area (Å²) < 4.78 is 38.2. The van der Waals surface area contributed by atoms with Crippen LogP contribution in [-0.2, 0) is 6.18 Å². The summed E-state index contributed by atoms with van der Waals surface area (Å²) >= 11 is 1.75. The number of piperidine rings is 1. The molecule has 0 aliphatic carbocycles. The topological polar surface area (TPSA) is 42.1 Å². The van der Waals surface area contributed by atoms with E-state index in [2.05, 4.69) is 4.98 Å². The number of pyridine rings is 1. The molecule has 2 N–H and O–H groups in total. The van der Waals surface area contributed by atoms with Crippen molar-refractivity contribution in [3.8, 4) is 0 Å². The summed E-state index contributed by atoms with van der Waals surface area (Å²) in [5, 5.41) is 0. The van der Waals surface area contributed by atoms with Crippen LogP contribution >= 0.6 is 11.8 Å². The molecule has 112 valence electrons. The maximum Gasteiger partial charge on any atom is 0.416 e. The third-order valence-corrected chi connectivity index (χ3v) is 5.32. The number of alkyl halides is 3. The fourth-order valence-electron chi connectivity index (χ4n) is 2.40. The van der Waals surface area contributed by atoms with Crippen LogP contribution < -0.4 is 10.6 Å². The van der Waals surface area contributed by atoms with E-state index in [0.29, 0.717) is 25.5 Å². The van der Waals surface area contributed by atoms with Crippen molar-refractivity contribution in [2.24, 2.45) is 5.73 Å². The largest absolute Gasteiger partial charge is 0.416 e. The van der Waals surface area contributed by atoms with E-state index in [-0.39, 0.29) is 4.75 Å². The van der Waals surface area contributed by atoms with Gasteiger partial charge in [0.1, 0.15) is 5.82 Å². The van der Waals surface area contributed by atoms with Crippen molar-refractivity contribution in [2.75, 3.05) is 30.8 Å². The first-order valence-corrected chi connectivity index (χ1v) is 7.66. The third-order valence-electron chi connectivity index (χ3n) is 3.88. The molecule has 0 aromatic carbocycles. The molecule has 1 aromatic rings. The van der Waals surface area contributed by atoms with E-state index in [1.165, 1.54) is 6.20 Å². The second-order valence-corrected chi connectivity index (χ2v) is 6.25. The number of aromatic nitrogens is 1. The Labute approximate surface area is 120 Å². The van der Waals surface area contributed by atoms with Gasteiger partial charge in [-0.3, -0.25) is 0 Å². The molecule has 1 saturated heterocycles. The van der Waals surface area contributed by atoms with Crippen molar-refractivity contribution in [1.82, 2.24) is 4.98 Å². The Morgan fingerprint density at radius 3 is 2.55 bits per heavy atom. The van der Waals surface area contributed by atoms with Gasteiger partial charge in [-0.05, 0) is 31.2 Å². The van der Waals surface area contributed by atoms with Gasteiger partial charge in [0.15, 0.2) is 0 Å². The monoisotopic (exact) mass is 305 g/mol. The summed E-state index contributed by atoms with van der Waals surface area (Å²) in [6, 6.07) is 2.12. The third kappa shape index (κ3) is 3.20. The Bertz CT molecular complexity index is 450. The van der Waals surface area contributed by atoms with Gasteiger partial charge in [0.05, 0.1) is 5.56 Å². The van der Waals surface area contributed by atoms with Gasteiger partial charge < -0.3 is 10.6 Å². The number of nitrogens with zero attached hydrogens (tertiary/aromatic N) is 2. The van der Waals surface area contributed by atoms with Crippen molar-refractivity contribution < 1.29 is 13.2 Å². The van der Waals surface area contributed by atoms with Crippen molar-refractivity contribution in [3.63, 3.8) is 0 Å². The molecule has 0 radical (unpaired) electrons. The first kappa shape index (κ1) is 15.4. The molecule has 1 aromatic heterocycles. The van der Waals surface area contributed by atoms with Crippen molar-refractivity contribution >= 4 is 17.6 Å². The van der Waals surface area contributed by atoms with Crippen molar-refractivity contribution in [3.05, 3.63) is 23.9 Å². The highest BCUT2D eigenvalue weighted by atomic mass is 32.2. The fraction of sp³-hybridized carbons (Fsp3) is 0.615. The minimum Gasteiger partial charge on any atom is -0.357 e. The van der Waals surface area contributed by atoms with Gasteiger partial charge in [-0.1, -0.05) is 0 Å². The van der Waals surface area contributed by atoms with Crippen LogP contribution in [0.3, 0.4) is 0 Å². The first-order chi connectivity index (χ1) is 9.40. The summed E-state index contributed by atoms with van der Waals surface area (Å²) in [4.78, 5) is 5.97. The number of halogens is 3. The molecule has 2 rings (SSSR count). The molecule has 0 atom stereocenters. The summed E-state index contributed by atoms with van der Waals surface area (Å²) in [5.41, 5.74) is 5.16.